The van der Waals surface area contributed by atoms with E-state index in [4.69, 9.17) is 15.2 Å². The summed E-state index contributed by atoms with van der Waals surface area (Å²) in [5.74, 6) is -0.270. The summed E-state index contributed by atoms with van der Waals surface area (Å²) in [5, 5.41) is 33.3. The summed E-state index contributed by atoms with van der Waals surface area (Å²) in [4.78, 5) is 15.5. The van der Waals surface area contributed by atoms with E-state index in [0.717, 1.165) is 0 Å². The van der Waals surface area contributed by atoms with Crippen LogP contribution in [0.4, 0.5) is 0 Å². The molecule has 1 aliphatic rings. The van der Waals surface area contributed by atoms with Crippen LogP contribution in [0.2, 0.25) is 0 Å². The predicted octanol–water partition coefficient (Wildman–Crippen LogP) is -1.34. The molecule has 134 valence electrons. The average molecular weight is 350 g/mol. The smallest absolute Gasteiger partial charge is 0.288 e. The second kappa shape index (κ2) is 6.76. The molecule has 25 heavy (non-hydrogen) atoms. The van der Waals surface area contributed by atoms with E-state index in [0.29, 0.717) is 11.3 Å². The van der Waals surface area contributed by atoms with Crippen LogP contribution in [0.3, 0.4) is 0 Å². The first-order valence-corrected chi connectivity index (χ1v) is 7.49. The molecule has 10 heteroatoms. The second-order valence-corrected chi connectivity index (χ2v) is 5.53. The fraction of sp³-hybridized carbons (Fsp3) is 0.400. The van der Waals surface area contributed by atoms with E-state index in [1.807, 2.05) is 0 Å². The number of hydrogen-bond acceptors (Lipinski definition) is 8. The quantitative estimate of drug-likeness (QED) is 0.517. The number of aromatic nitrogens is 3. The van der Waals surface area contributed by atoms with Gasteiger partial charge >= 0.3 is 0 Å². The molecule has 10 nitrogen and oxygen atoms in total. The van der Waals surface area contributed by atoms with Crippen LogP contribution in [-0.4, -0.2) is 68.0 Å². The summed E-state index contributed by atoms with van der Waals surface area (Å²) in [7, 11) is 1.53. The normalized spacial score (nSPS) is 25.9. The van der Waals surface area contributed by atoms with Crippen molar-refractivity contribution in [3.63, 3.8) is 0 Å². The van der Waals surface area contributed by atoms with Crippen molar-refractivity contribution >= 4 is 5.91 Å². The van der Waals surface area contributed by atoms with Crippen molar-refractivity contribution in [2.75, 3.05) is 13.7 Å². The van der Waals surface area contributed by atoms with E-state index in [1.165, 1.54) is 11.8 Å². The summed E-state index contributed by atoms with van der Waals surface area (Å²) >= 11 is 0. The van der Waals surface area contributed by atoms with E-state index >= 15 is 0 Å². The highest BCUT2D eigenvalue weighted by Crippen LogP contribution is 2.32. The molecule has 1 saturated heterocycles. The van der Waals surface area contributed by atoms with Crippen LogP contribution in [0.25, 0.3) is 11.4 Å². The van der Waals surface area contributed by atoms with Gasteiger partial charge < -0.3 is 30.5 Å². The number of amides is 1. The summed E-state index contributed by atoms with van der Waals surface area (Å²) in [6.45, 7) is -0.482. The van der Waals surface area contributed by atoms with Gasteiger partial charge in [-0.25, -0.2) is 9.67 Å². The van der Waals surface area contributed by atoms with Crippen LogP contribution in [0.5, 0.6) is 5.75 Å². The molecule has 0 spiro atoms. The molecule has 1 amide bonds. The number of benzene rings is 1. The van der Waals surface area contributed by atoms with Crippen molar-refractivity contribution in [1.82, 2.24) is 14.8 Å². The van der Waals surface area contributed by atoms with Gasteiger partial charge in [-0.05, 0) is 24.3 Å². The van der Waals surface area contributed by atoms with Gasteiger partial charge in [-0.2, -0.15) is 0 Å². The Morgan fingerprint density at radius 1 is 1.32 bits per heavy atom. The molecule has 0 bridgehead atoms. The lowest BCUT2D eigenvalue weighted by Crippen LogP contribution is -2.33. The number of primary amides is 1. The summed E-state index contributed by atoms with van der Waals surface area (Å²) in [5.41, 5.74) is 5.81. The Labute approximate surface area is 142 Å². The maximum absolute atomic E-state index is 11.5. The largest absolute Gasteiger partial charge is 0.497 e. The number of methoxy groups -OCH3 is 1. The molecule has 5 N–H and O–H groups in total. The average Bonchev–Trinajstić information content (AvgIpc) is 3.18. The first-order chi connectivity index (χ1) is 12.0. The molecule has 3 rings (SSSR count). The van der Waals surface area contributed by atoms with Gasteiger partial charge in [0, 0.05) is 5.56 Å². The van der Waals surface area contributed by atoms with Crippen molar-refractivity contribution < 1.29 is 29.6 Å². The molecule has 2 heterocycles. The lowest BCUT2D eigenvalue weighted by molar-refractivity contribution is -0.0579. The minimum Gasteiger partial charge on any atom is -0.497 e. The van der Waals surface area contributed by atoms with Crippen LogP contribution >= 0.6 is 0 Å². The maximum atomic E-state index is 11.5. The molecule has 0 unspecified atom stereocenters. The molecule has 0 radical (unpaired) electrons. The Balaban J connectivity index is 2.04. The number of nitrogens with two attached hydrogens (primary N) is 1. The first-order valence-electron chi connectivity index (χ1n) is 7.49. The van der Waals surface area contributed by atoms with E-state index in [1.54, 1.807) is 24.3 Å². The monoisotopic (exact) mass is 350 g/mol. The van der Waals surface area contributed by atoms with Gasteiger partial charge in [0.15, 0.2) is 12.1 Å². The van der Waals surface area contributed by atoms with Crippen molar-refractivity contribution in [2.24, 2.45) is 5.73 Å². The van der Waals surface area contributed by atoms with E-state index in [2.05, 4.69) is 10.1 Å². The van der Waals surface area contributed by atoms with Gasteiger partial charge in [0.2, 0.25) is 5.82 Å². The van der Waals surface area contributed by atoms with Crippen molar-refractivity contribution in [2.45, 2.75) is 24.5 Å². The SMILES string of the molecule is COc1ccc(-c2nc(C(N)=O)nn2[C@@H]2O[C@H](CO)[C@@H](O)[C@H]2O)cc1. The number of carbonyl (C=O) groups excluding carboxylic acids is 1. The van der Waals surface area contributed by atoms with E-state index < -0.39 is 37.1 Å². The Hall–Kier alpha value is -2.53. The summed E-state index contributed by atoms with van der Waals surface area (Å²) in [6.07, 6.45) is -4.79. The minimum atomic E-state index is -1.36. The topological polar surface area (TPSA) is 153 Å². The zero-order valence-electron chi connectivity index (χ0n) is 13.3. The molecule has 1 aliphatic heterocycles. The van der Waals surface area contributed by atoms with Crippen molar-refractivity contribution in [3.8, 4) is 17.1 Å². The first kappa shape index (κ1) is 17.3. The molecule has 0 saturated carbocycles. The van der Waals surface area contributed by atoms with Crippen molar-refractivity contribution in [1.29, 1.82) is 0 Å². The van der Waals surface area contributed by atoms with Gasteiger partial charge in [-0.15, -0.1) is 5.10 Å². The zero-order valence-corrected chi connectivity index (χ0v) is 13.3. The highest BCUT2D eigenvalue weighted by Gasteiger charge is 2.45. The third-order valence-electron chi connectivity index (χ3n) is 3.96. The molecule has 2 aromatic rings. The molecule has 1 fully saturated rings. The lowest BCUT2D eigenvalue weighted by atomic mass is 10.1. The Morgan fingerprint density at radius 2 is 2.00 bits per heavy atom. The summed E-state index contributed by atoms with van der Waals surface area (Å²) in [6, 6.07) is 6.75. The van der Waals surface area contributed by atoms with E-state index in [-0.39, 0.29) is 11.6 Å². The number of rotatable bonds is 5. The summed E-state index contributed by atoms with van der Waals surface area (Å²) < 4.78 is 11.7. The predicted molar refractivity (Wildman–Crippen MR) is 83.5 cm³/mol. The van der Waals surface area contributed by atoms with Crippen LogP contribution in [0, 0.1) is 0 Å². The second-order valence-electron chi connectivity index (χ2n) is 5.53. The van der Waals surface area contributed by atoms with Gasteiger partial charge in [0.25, 0.3) is 5.91 Å². The van der Waals surface area contributed by atoms with Gasteiger partial charge in [0.05, 0.1) is 13.7 Å². The Bertz CT molecular complexity index is 762. The Kier molecular flexibility index (Phi) is 4.68. The third-order valence-corrected chi connectivity index (χ3v) is 3.96. The molecule has 1 aromatic carbocycles. The fourth-order valence-electron chi connectivity index (χ4n) is 2.62. The van der Waals surface area contributed by atoms with E-state index in [9.17, 15) is 20.1 Å². The highest BCUT2D eigenvalue weighted by molar-refractivity contribution is 5.89. The van der Waals surface area contributed by atoms with Crippen LogP contribution < -0.4 is 10.5 Å². The standard InChI is InChI=1S/C15H18N4O6/c1-24-8-4-2-7(3-5-8)14-17-13(12(16)23)18-19(14)15-11(22)10(21)9(6-20)25-15/h2-5,9-11,15,20-22H,6H2,1H3,(H2,16,23)/t9-,10-,11-,15-/m1/s1. The number of hydrogen-bond donors (Lipinski definition) is 4. The number of aliphatic hydroxyl groups is 3. The number of ether oxygens (including phenoxy) is 2. The van der Waals surface area contributed by atoms with Gasteiger partial charge in [-0.1, -0.05) is 0 Å². The third kappa shape index (κ3) is 3.07. The molecule has 1 aromatic heterocycles. The minimum absolute atomic E-state index is 0.214. The number of aliphatic hydroxyl groups excluding tert-OH is 3. The fourth-order valence-corrected chi connectivity index (χ4v) is 2.62. The van der Waals surface area contributed by atoms with Gasteiger partial charge in [-0.3, -0.25) is 4.79 Å². The van der Waals surface area contributed by atoms with Crippen LogP contribution in [-0.2, 0) is 4.74 Å². The van der Waals surface area contributed by atoms with Crippen LogP contribution in [0.15, 0.2) is 24.3 Å². The molecule has 4 atom stereocenters. The van der Waals surface area contributed by atoms with Crippen molar-refractivity contribution in [3.05, 3.63) is 30.1 Å². The lowest BCUT2D eigenvalue weighted by Gasteiger charge is -2.17. The molecular formula is C15H18N4O6. The molecular weight excluding hydrogens is 332 g/mol. The maximum Gasteiger partial charge on any atom is 0.288 e. The van der Waals surface area contributed by atoms with Crippen LogP contribution in [0.1, 0.15) is 16.8 Å². The molecule has 0 aliphatic carbocycles. The Morgan fingerprint density at radius 3 is 2.52 bits per heavy atom. The zero-order chi connectivity index (χ0) is 18.1. The van der Waals surface area contributed by atoms with Gasteiger partial charge in [0.1, 0.15) is 24.1 Å². The number of nitrogens with zero attached hydrogens (tertiary/aromatic N) is 3. The number of carbonyl (C=O) groups is 1. The highest BCUT2D eigenvalue weighted by atomic mass is 16.6.